The van der Waals surface area contributed by atoms with Crippen molar-refractivity contribution in [3.8, 4) is 28.0 Å². The average Bonchev–Trinajstić information content (AvgIpc) is 3.05. The number of pyridine rings is 2. The Kier molecular flexibility index (Phi) is 3.83. The van der Waals surface area contributed by atoms with Crippen LogP contribution in [0.25, 0.3) is 33.3 Å². The molecule has 0 saturated heterocycles. The highest BCUT2D eigenvalue weighted by atomic mass is 16.5. The number of H-pyrrole nitrogens is 1. The van der Waals surface area contributed by atoms with Crippen molar-refractivity contribution in [3.63, 3.8) is 0 Å². The van der Waals surface area contributed by atoms with Gasteiger partial charge in [-0.15, -0.1) is 0 Å². The van der Waals surface area contributed by atoms with Crippen LogP contribution in [-0.2, 0) is 0 Å². The van der Waals surface area contributed by atoms with E-state index in [2.05, 4.69) is 26.3 Å². The second-order valence-electron chi connectivity index (χ2n) is 6.77. The number of amides is 1. The van der Waals surface area contributed by atoms with Crippen LogP contribution >= 0.6 is 0 Å². The zero-order valence-corrected chi connectivity index (χ0v) is 15.3. The number of benzene rings is 1. The Morgan fingerprint density at radius 2 is 1.96 bits per heavy atom. The van der Waals surface area contributed by atoms with Gasteiger partial charge in [0.05, 0.1) is 12.1 Å². The third-order valence-electron chi connectivity index (χ3n) is 5.03. The molecule has 0 aliphatic carbocycles. The lowest BCUT2D eigenvalue weighted by molar-refractivity contribution is 0.0957. The van der Waals surface area contributed by atoms with Gasteiger partial charge in [0, 0.05) is 46.4 Å². The predicted octanol–water partition coefficient (Wildman–Crippen LogP) is 3.72. The van der Waals surface area contributed by atoms with Gasteiger partial charge in [0.25, 0.3) is 5.91 Å². The van der Waals surface area contributed by atoms with E-state index in [1.807, 2.05) is 49.6 Å². The summed E-state index contributed by atoms with van der Waals surface area (Å²) < 4.78 is 5.76. The summed E-state index contributed by atoms with van der Waals surface area (Å²) in [4.78, 5) is 24.3. The molecule has 138 valence electrons. The van der Waals surface area contributed by atoms with E-state index >= 15 is 0 Å². The van der Waals surface area contributed by atoms with Crippen LogP contribution in [-0.4, -0.2) is 34.0 Å². The Labute approximate surface area is 161 Å². The maximum atomic E-state index is 12.1. The van der Waals surface area contributed by atoms with Crippen LogP contribution in [0.3, 0.4) is 0 Å². The molecule has 0 atom stereocenters. The number of hydrogen-bond donors (Lipinski definition) is 2. The Morgan fingerprint density at radius 3 is 2.86 bits per heavy atom. The summed E-state index contributed by atoms with van der Waals surface area (Å²) >= 11 is 0. The van der Waals surface area contributed by atoms with Crippen molar-refractivity contribution in [1.82, 2.24) is 20.3 Å². The van der Waals surface area contributed by atoms with Gasteiger partial charge in [0.15, 0.2) is 0 Å². The molecule has 1 aliphatic heterocycles. The number of aromatic nitrogens is 3. The zero-order chi connectivity index (χ0) is 19.1. The molecular formula is C22H18N4O2. The minimum absolute atomic E-state index is 0.103. The van der Waals surface area contributed by atoms with Gasteiger partial charge in [-0.25, -0.2) is 4.98 Å². The van der Waals surface area contributed by atoms with E-state index in [4.69, 9.17) is 4.74 Å². The Bertz CT molecular complexity index is 1210. The van der Waals surface area contributed by atoms with E-state index in [9.17, 15) is 4.79 Å². The first-order valence-electron chi connectivity index (χ1n) is 9.15. The Hall–Kier alpha value is -3.67. The summed E-state index contributed by atoms with van der Waals surface area (Å²) in [5.74, 6) is 0.503. The molecular weight excluding hydrogens is 352 g/mol. The first kappa shape index (κ1) is 16.5. The lowest BCUT2D eigenvalue weighted by atomic mass is 10.0. The minimum atomic E-state index is -0.103. The summed E-state index contributed by atoms with van der Waals surface area (Å²) in [7, 11) is 0. The third kappa shape index (κ3) is 2.70. The van der Waals surface area contributed by atoms with Gasteiger partial charge in [0.2, 0.25) is 0 Å². The molecule has 1 amide bonds. The number of ether oxygens (including phenoxy) is 1. The average molecular weight is 370 g/mol. The van der Waals surface area contributed by atoms with Crippen LogP contribution < -0.4 is 10.1 Å². The Balaban J connectivity index is 1.64. The number of carbonyl (C=O) groups excluding carboxylic acids is 1. The quantitative estimate of drug-likeness (QED) is 0.564. The van der Waals surface area contributed by atoms with E-state index in [1.54, 1.807) is 6.20 Å². The first-order valence-corrected chi connectivity index (χ1v) is 9.15. The number of aryl methyl sites for hydroxylation is 1. The molecule has 2 N–H and O–H groups in total. The molecule has 0 fully saturated rings. The van der Waals surface area contributed by atoms with Gasteiger partial charge in [0.1, 0.15) is 18.0 Å². The van der Waals surface area contributed by atoms with E-state index < -0.39 is 0 Å². The van der Waals surface area contributed by atoms with Gasteiger partial charge < -0.3 is 15.0 Å². The fraction of sp³-hybridized carbons (Fsp3) is 0.136. The molecule has 3 aromatic heterocycles. The second-order valence-corrected chi connectivity index (χ2v) is 6.77. The van der Waals surface area contributed by atoms with Gasteiger partial charge in [-0.05, 0) is 36.8 Å². The molecule has 4 aromatic rings. The minimum Gasteiger partial charge on any atom is -0.491 e. The highest BCUT2D eigenvalue weighted by Gasteiger charge is 2.18. The molecule has 0 radical (unpaired) electrons. The molecule has 1 aromatic carbocycles. The topological polar surface area (TPSA) is 79.9 Å². The van der Waals surface area contributed by atoms with Gasteiger partial charge in [-0.1, -0.05) is 12.1 Å². The smallest absolute Gasteiger partial charge is 0.255 e. The van der Waals surface area contributed by atoms with Crippen LogP contribution in [0, 0.1) is 6.92 Å². The molecule has 0 unspecified atom stereocenters. The third-order valence-corrected chi connectivity index (χ3v) is 5.03. The van der Waals surface area contributed by atoms with Gasteiger partial charge in [-0.2, -0.15) is 0 Å². The number of carbonyl (C=O) groups is 1. The second kappa shape index (κ2) is 6.49. The van der Waals surface area contributed by atoms with E-state index in [0.29, 0.717) is 24.5 Å². The molecule has 6 heteroatoms. The summed E-state index contributed by atoms with van der Waals surface area (Å²) in [5, 5.41) is 3.84. The van der Waals surface area contributed by atoms with Crippen molar-refractivity contribution in [2.45, 2.75) is 6.92 Å². The van der Waals surface area contributed by atoms with Crippen molar-refractivity contribution < 1.29 is 9.53 Å². The molecule has 28 heavy (non-hydrogen) atoms. The Morgan fingerprint density at radius 1 is 1.04 bits per heavy atom. The van der Waals surface area contributed by atoms with Crippen molar-refractivity contribution >= 4 is 16.9 Å². The largest absolute Gasteiger partial charge is 0.491 e. The van der Waals surface area contributed by atoms with Crippen LogP contribution in [0.2, 0.25) is 0 Å². The van der Waals surface area contributed by atoms with Crippen LogP contribution in [0.5, 0.6) is 5.75 Å². The van der Waals surface area contributed by atoms with Gasteiger partial charge >= 0.3 is 0 Å². The van der Waals surface area contributed by atoms with Crippen LogP contribution in [0.4, 0.5) is 0 Å². The molecule has 1 aliphatic rings. The monoisotopic (exact) mass is 370 g/mol. The van der Waals surface area contributed by atoms with Crippen molar-refractivity contribution in [3.05, 3.63) is 66.2 Å². The molecule has 4 heterocycles. The molecule has 5 rings (SSSR count). The summed E-state index contributed by atoms with van der Waals surface area (Å²) in [5.41, 5.74) is 6.41. The maximum absolute atomic E-state index is 12.1. The normalized spacial score (nSPS) is 13.5. The highest BCUT2D eigenvalue weighted by Crippen LogP contribution is 2.34. The standard InChI is InChI=1S/C22H18N4O2/c1-13-16(3-2-6-23-13)15-9-18-19(12-26-21(18)25-11-15)14-4-5-17-20(10-14)28-8-7-24-22(17)27/h2-6,9-12H,7-8H2,1H3,(H,24,27)(H,25,26). The first-order chi connectivity index (χ1) is 13.7. The molecule has 0 saturated carbocycles. The van der Waals surface area contributed by atoms with Crippen LogP contribution in [0.15, 0.2) is 55.0 Å². The molecule has 0 bridgehead atoms. The highest BCUT2D eigenvalue weighted by molar-refractivity contribution is 6.00. The van der Waals surface area contributed by atoms with Crippen LogP contribution in [0.1, 0.15) is 16.1 Å². The van der Waals surface area contributed by atoms with Gasteiger partial charge in [-0.3, -0.25) is 9.78 Å². The predicted molar refractivity (Wildman–Crippen MR) is 107 cm³/mol. The number of aromatic amines is 1. The summed E-state index contributed by atoms with van der Waals surface area (Å²) in [6, 6.07) is 11.8. The number of nitrogens with zero attached hydrogens (tertiary/aromatic N) is 2. The number of rotatable bonds is 2. The number of hydrogen-bond acceptors (Lipinski definition) is 4. The summed E-state index contributed by atoms with van der Waals surface area (Å²) in [6.45, 7) is 2.96. The maximum Gasteiger partial charge on any atom is 0.255 e. The summed E-state index contributed by atoms with van der Waals surface area (Å²) in [6.07, 6.45) is 5.59. The SMILES string of the molecule is Cc1ncccc1-c1cnc2[nH]cc(-c3ccc4c(c3)OCCNC4=O)c2c1. The lowest BCUT2D eigenvalue weighted by Gasteiger charge is -2.09. The lowest BCUT2D eigenvalue weighted by Crippen LogP contribution is -2.24. The fourth-order valence-electron chi connectivity index (χ4n) is 3.60. The van der Waals surface area contributed by atoms with E-state index in [-0.39, 0.29) is 5.91 Å². The molecule has 0 spiro atoms. The van der Waals surface area contributed by atoms with Crippen molar-refractivity contribution in [1.29, 1.82) is 0 Å². The van der Waals surface area contributed by atoms with Crippen molar-refractivity contribution in [2.75, 3.05) is 13.2 Å². The zero-order valence-electron chi connectivity index (χ0n) is 15.3. The number of fused-ring (bicyclic) bond motifs is 2. The van der Waals surface area contributed by atoms with E-state index in [0.717, 1.165) is 39.0 Å². The van der Waals surface area contributed by atoms with E-state index in [1.165, 1.54) is 0 Å². The molecule has 6 nitrogen and oxygen atoms in total. The fourth-order valence-corrected chi connectivity index (χ4v) is 3.60. The van der Waals surface area contributed by atoms with Crippen molar-refractivity contribution in [2.24, 2.45) is 0 Å². The number of nitrogens with one attached hydrogen (secondary N) is 2.